The summed E-state index contributed by atoms with van der Waals surface area (Å²) in [6.07, 6.45) is 7.39. The van der Waals surface area contributed by atoms with Crippen LogP contribution in [0.4, 0.5) is 4.79 Å². The molecule has 4 fully saturated rings. The van der Waals surface area contributed by atoms with Gasteiger partial charge in [-0.05, 0) is 54.8 Å². The van der Waals surface area contributed by atoms with Crippen LogP contribution < -0.4 is 21.3 Å². The molecule has 288 valence electrons. The van der Waals surface area contributed by atoms with Crippen molar-refractivity contribution in [1.29, 1.82) is 0 Å². The largest absolute Gasteiger partial charge is 0.379 e. The van der Waals surface area contributed by atoms with Gasteiger partial charge in [0.15, 0.2) is 9.84 Å². The van der Waals surface area contributed by atoms with Gasteiger partial charge in [-0.25, -0.2) is 13.2 Å². The minimum atomic E-state index is -3.52. The zero-order valence-corrected chi connectivity index (χ0v) is 32.2. The van der Waals surface area contributed by atoms with Gasteiger partial charge < -0.3 is 30.9 Å². The summed E-state index contributed by atoms with van der Waals surface area (Å²) in [5.74, 6) is -2.16. The smallest absolute Gasteiger partial charge is 0.315 e. The third kappa shape index (κ3) is 9.15. The maximum atomic E-state index is 14.7. The van der Waals surface area contributed by atoms with E-state index >= 15 is 0 Å². The van der Waals surface area contributed by atoms with Crippen molar-refractivity contribution >= 4 is 39.4 Å². The molecular weight excluding hydrogens is 675 g/mol. The average molecular weight is 736 g/mol. The van der Waals surface area contributed by atoms with Crippen LogP contribution in [0.3, 0.4) is 0 Å². The van der Waals surface area contributed by atoms with E-state index in [1.807, 2.05) is 27.7 Å². The molecule has 14 heteroatoms. The predicted molar refractivity (Wildman–Crippen MR) is 194 cm³/mol. The molecule has 0 bridgehead atoms. The Bertz CT molecular complexity index is 1420. The molecule has 7 atom stereocenters. The van der Waals surface area contributed by atoms with Gasteiger partial charge in [-0.15, -0.1) is 6.58 Å². The number of nitrogens with one attached hydrogen (secondary N) is 4. The van der Waals surface area contributed by atoms with Crippen molar-refractivity contribution in [3.05, 3.63) is 12.7 Å². The number of ketones is 1. The number of urea groups is 1. The number of unbranched alkanes of at least 4 members (excludes halogenated alkanes) is 1. The molecule has 0 radical (unpaired) electrons. The summed E-state index contributed by atoms with van der Waals surface area (Å²) in [6.45, 7) is 15.8. The van der Waals surface area contributed by atoms with E-state index in [9.17, 15) is 32.4 Å². The number of rotatable bonds is 14. The second-order valence-electron chi connectivity index (χ2n) is 16.5. The molecule has 2 aliphatic heterocycles. The van der Waals surface area contributed by atoms with E-state index in [0.29, 0.717) is 25.8 Å². The van der Waals surface area contributed by atoms with Crippen LogP contribution in [0.1, 0.15) is 99.3 Å². The predicted octanol–water partition coefficient (Wildman–Crippen LogP) is 2.88. The maximum absolute atomic E-state index is 14.7. The summed E-state index contributed by atoms with van der Waals surface area (Å²) >= 11 is 0. The van der Waals surface area contributed by atoms with Gasteiger partial charge in [0, 0.05) is 13.1 Å². The first-order valence-corrected chi connectivity index (χ1v) is 20.6. The van der Waals surface area contributed by atoms with E-state index in [4.69, 9.17) is 4.74 Å². The Balaban J connectivity index is 1.60. The summed E-state index contributed by atoms with van der Waals surface area (Å²) in [4.78, 5) is 70.3. The highest BCUT2D eigenvalue weighted by atomic mass is 32.2. The number of sulfone groups is 1. The Morgan fingerprint density at radius 1 is 1.06 bits per heavy atom. The molecule has 4 unspecified atom stereocenters. The summed E-state index contributed by atoms with van der Waals surface area (Å²) in [5, 5.41) is 10.4. The molecule has 0 aromatic heterocycles. The number of carbonyl (C=O) groups excluding carboxylic acids is 5. The molecule has 0 aromatic rings. The molecule has 2 saturated carbocycles. The molecule has 2 saturated heterocycles. The quantitative estimate of drug-likeness (QED) is 0.155. The third-order valence-electron chi connectivity index (χ3n) is 11.6. The first kappa shape index (κ1) is 40.8. The zero-order chi connectivity index (χ0) is 37.7. The fourth-order valence-electron chi connectivity index (χ4n) is 8.72. The second-order valence-corrected chi connectivity index (χ2v) is 18.8. The standard InChI is InChI=1S/C37H61N5O8S/c1-8-10-14-26(30(43)33(45)38-17-9-2)39-32(44)29-28-24(20-25(28)23(3)4)21-42(29)34(46)31(36(5,6)7)40-35(47)41-37(15-12-11-13-16-37)27-22-50-18-19-51(27,48)49/h9,23-29,31H,2,8,10-22H2,1,3-7H3,(H,38,45)(H,39,44)(H2,40,41,47)/t24?,25?,26-,27?,28?,29-,31+/m0/s1. The van der Waals surface area contributed by atoms with Gasteiger partial charge in [0.1, 0.15) is 17.3 Å². The van der Waals surface area contributed by atoms with Crippen LogP contribution >= 0.6 is 0 Å². The van der Waals surface area contributed by atoms with Crippen LogP contribution in [0, 0.1) is 29.1 Å². The van der Waals surface area contributed by atoms with Crippen LogP contribution in [0.25, 0.3) is 0 Å². The highest BCUT2D eigenvalue weighted by molar-refractivity contribution is 7.92. The lowest BCUT2D eigenvalue weighted by Crippen LogP contribution is -2.67. The van der Waals surface area contributed by atoms with Gasteiger partial charge >= 0.3 is 6.03 Å². The molecule has 0 aromatic carbocycles. The molecule has 2 aliphatic carbocycles. The van der Waals surface area contributed by atoms with Gasteiger partial charge in [0.2, 0.25) is 17.6 Å². The number of carbonyl (C=O) groups is 5. The Morgan fingerprint density at radius 2 is 1.75 bits per heavy atom. The fraction of sp³-hybridized carbons (Fsp3) is 0.811. The van der Waals surface area contributed by atoms with E-state index < -0.39 is 73.7 Å². The third-order valence-corrected chi connectivity index (χ3v) is 13.8. The van der Waals surface area contributed by atoms with Gasteiger partial charge in [0.05, 0.1) is 30.5 Å². The highest BCUT2D eigenvalue weighted by Gasteiger charge is 2.59. The second kappa shape index (κ2) is 16.8. The number of ether oxygens (including phenoxy) is 1. The summed E-state index contributed by atoms with van der Waals surface area (Å²) in [6, 6.07) is -3.62. The summed E-state index contributed by atoms with van der Waals surface area (Å²) in [7, 11) is -3.52. The number of amides is 5. The Labute approximate surface area is 304 Å². The molecule has 13 nitrogen and oxygen atoms in total. The monoisotopic (exact) mass is 735 g/mol. The number of nitrogens with zero attached hydrogens (tertiary/aromatic N) is 1. The van der Waals surface area contributed by atoms with Crippen molar-refractivity contribution in [3.63, 3.8) is 0 Å². The van der Waals surface area contributed by atoms with Crippen molar-refractivity contribution in [1.82, 2.24) is 26.2 Å². The summed E-state index contributed by atoms with van der Waals surface area (Å²) in [5.41, 5.74) is -1.80. The van der Waals surface area contributed by atoms with E-state index in [1.54, 1.807) is 4.90 Å². The number of hydrogen-bond donors (Lipinski definition) is 4. The normalized spacial score (nSPS) is 28.0. The molecule has 5 amide bonds. The van der Waals surface area contributed by atoms with Crippen molar-refractivity contribution in [2.75, 3.05) is 32.1 Å². The van der Waals surface area contributed by atoms with Crippen LogP contribution in [0.15, 0.2) is 12.7 Å². The molecule has 4 rings (SSSR count). The van der Waals surface area contributed by atoms with Gasteiger partial charge in [-0.3, -0.25) is 19.2 Å². The molecule has 51 heavy (non-hydrogen) atoms. The van der Waals surface area contributed by atoms with Gasteiger partial charge in [-0.1, -0.05) is 79.7 Å². The maximum Gasteiger partial charge on any atom is 0.315 e. The van der Waals surface area contributed by atoms with Crippen molar-refractivity contribution < 1.29 is 37.1 Å². The van der Waals surface area contributed by atoms with E-state index in [2.05, 4.69) is 41.7 Å². The molecule has 4 N–H and O–H groups in total. The van der Waals surface area contributed by atoms with Gasteiger partial charge in [-0.2, -0.15) is 0 Å². The number of likely N-dealkylation sites (tertiary alicyclic amines) is 1. The molecular formula is C37H61N5O8S. The first-order valence-electron chi connectivity index (χ1n) is 18.9. The SMILES string of the molecule is C=CCNC(=O)C(=O)[C@H](CCCC)NC(=O)[C@@H]1C2C(CC2C(C)C)CN1C(=O)[C@@H](NC(=O)NC1(C2COCCS2(=O)=O)CCCCC1)C(C)(C)C. The lowest BCUT2D eigenvalue weighted by atomic mass is 9.60. The van der Waals surface area contributed by atoms with Crippen LogP contribution in [0.5, 0.6) is 0 Å². The van der Waals surface area contributed by atoms with Crippen LogP contribution in [-0.2, 0) is 33.8 Å². The zero-order valence-electron chi connectivity index (χ0n) is 31.4. The number of Topliss-reactive ketones (excluding diaryl/α,β-unsaturated/α-hetero) is 1. The molecule has 0 spiro atoms. The summed E-state index contributed by atoms with van der Waals surface area (Å²) < 4.78 is 32.1. The average Bonchev–Trinajstić information content (AvgIpc) is 3.34. The van der Waals surface area contributed by atoms with E-state index in [1.165, 1.54) is 6.08 Å². The number of hydrogen-bond acceptors (Lipinski definition) is 8. The Kier molecular flexibility index (Phi) is 13.4. The Hall–Kier alpha value is -3.00. The highest BCUT2D eigenvalue weighted by Crippen LogP contribution is 2.52. The fourth-order valence-corrected chi connectivity index (χ4v) is 10.6. The van der Waals surface area contributed by atoms with Crippen molar-refractivity contribution in [2.24, 2.45) is 29.1 Å². The topological polar surface area (TPSA) is 180 Å². The van der Waals surface area contributed by atoms with Crippen LogP contribution in [0.2, 0.25) is 0 Å². The Morgan fingerprint density at radius 3 is 2.33 bits per heavy atom. The molecule has 4 aliphatic rings. The lowest BCUT2D eigenvalue weighted by Gasteiger charge is -2.45. The first-order chi connectivity index (χ1) is 24.0. The van der Waals surface area contributed by atoms with E-state index in [0.717, 1.165) is 32.1 Å². The van der Waals surface area contributed by atoms with Crippen molar-refractivity contribution in [2.45, 2.75) is 128 Å². The minimum absolute atomic E-state index is 0.00623. The van der Waals surface area contributed by atoms with E-state index in [-0.39, 0.29) is 55.6 Å². The van der Waals surface area contributed by atoms with Crippen molar-refractivity contribution in [3.8, 4) is 0 Å². The van der Waals surface area contributed by atoms with Crippen LogP contribution in [-0.4, -0.2) is 104 Å². The minimum Gasteiger partial charge on any atom is -0.379 e. The van der Waals surface area contributed by atoms with Gasteiger partial charge in [0.25, 0.3) is 5.91 Å². The molecule has 2 heterocycles. The lowest BCUT2D eigenvalue weighted by molar-refractivity contribution is -0.145. The number of fused-ring (bicyclic) bond motifs is 1.